The van der Waals surface area contributed by atoms with Crippen LogP contribution in [0.5, 0.6) is 11.8 Å². The molecule has 2 aliphatic rings. The van der Waals surface area contributed by atoms with Crippen LogP contribution in [0.3, 0.4) is 0 Å². The highest BCUT2D eigenvalue weighted by Gasteiger charge is 2.22. The molecule has 11 heteroatoms. The molecule has 2 fully saturated rings. The summed E-state index contributed by atoms with van der Waals surface area (Å²) in [5.41, 5.74) is 6.78. The number of methoxy groups -OCH3 is 2. The van der Waals surface area contributed by atoms with Crippen LogP contribution in [0.2, 0.25) is 10.0 Å². The molecule has 6 rings (SSSR count). The summed E-state index contributed by atoms with van der Waals surface area (Å²) in [5.74, 6) is 1.70. The van der Waals surface area contributed by atoms with E-state index in [0.717, 1.165) is 71.2 Å². The lowest BCUT2D eigenvalue weighted by Gasteiger charge is -2.15. The number of hydrogen-bond acceptors (Lipinski definition) is 9. The van der Waals surface area contributed by atoms with Gasteiger partial charge >= 0.3 is 0 Å². The summed E-state index contributed by atoms with van der Waals surface area (Å²) in [5, 5.41) is 11.3. The summed E-state index contributed by atoms with van der Waals surface area (Å²) in [6.45, 7) is 6.92. The van der Waals surface area contributed by atoms with Crippen LogP contribution in [0.15, 0.2) is 61.1 Å². The Hall–Kier alpha value is -3.76. The van der Waals surface area contributed by atoms with E-state index in [0.29, 0.717) is 52.3 Å². The number of ether oxygens (including phenoxy) is 2. The quantitative estimate of drug-likeness (QED) is 0.151. The van der Waals surface area contributed by atoms with Crippen molar-refractivity contribution in [3.63, 3.8) is 0 Å². The lowest BCUT2D eigenvalue weighted by atomic mass is 9.98. The molecule has 45 heavy (non-hydrogen) atoms. The third kappa shape index (κ3) is 7.23. The monoisotopic (exact) mass is 645 g/mol. The van der Waals surface area contributed by atoms with E-state index in [9.17, 15) is 0 Å². The Kier molecular flexibility index (Phi) is 9.80. The fourth-order valence-corrected chi connectivity index (χ4v) is 6.16. The van der Waals surface area contributed by atoms with Crippen LogP contribution in [0.1, 0.15) is 37.1 Å². The SMILES string of the molecule is C=C1CC[C@@H](CNCc2ncc(-c3cccc(-c4cccc(-c5cnc(CNCC6CC6)c(OC)n5)c4Cl)c3Cl)nc2OC)N1. The summed E-state index contributed by atoms with van der Waals surface area (Å²) in [6, 6.07) is 11.9. The predicted octanol–water partition coefficient (Wildman–Crippen LogP) is 6.45. The number of aromatic nitrogens is 4. The van der Waals surface area contributed by atoms with Gasteiger partial charge in [0, 0.05) is 53.6 Å². The Balaban J connectivity index is 1.23. The van der Waals surface area contributed by atoms with E-state index in [4.69, 9.17) is 42.6 Å². The van der Waals surface area contributed by atoms with Crippen LogP contribution in [0, 0.1) is 5.92 Å². The Morgan fingerprint density at radius 1 is 0.778 bits per heavy atom. The first-order chi connectivity index (χ1) is 21.9. The highest BCUT2D eigenvalue weighted by Crippen LogP contribution is 2.42. The first-order valence-corrected chi connectivity index (χ1v) is 15.9. The second kappa shape index (κ2) is 14.1. The first kappa shape index (κ1) is 31.2. The number of rotatable bonds is 13. The molecule has 0 bridgehead atoms. The number of nitrogens with zero attached hydrogens (tertiary/aromatic N) is 4. The summed E-state index contributed by atoms with van der Waals surface area (Å²) >= 11 is 14.1. The maximum atomic E-state index is 7.05. The fourth-order valence-electron chi connectivity index (χ4n) is 5.51. The van der Waals surface area contributed by atoms with Gasteiger partial charge in [-0.15, -0.1) is 0 Å². The van der Waals surface area contributed by atoms with E-state index >= 15 is 0 Å². The van der Waals surface area contributed by atoms with Gasteiger partial charge in [0.1, 0.15) is 11.4 Å². The van der Waals surface area contributed by atoms with Crippen LogP contribution in [0.25, 0.3) is 33.6 Å². The molecule has 1 saturated heterocycles. The largest absolute Gasteiger partial charge is 0.480 e. The van der Waals surface area contributed by atoms with Crippen molar-refractivity contribution in [1.82, 2.24) is 35.9 Å². The summed E-state index contributed by atoms with van der Waals surface area (Å²) in [4.78, 5) is 18.8. The molecule has 1 aliphatic heterocycles. The lowest BCUT2D eigenvalue weighted by molar-refractivity contribution is 0.386. The number of halogens is 2. The minimum atomic E-state index is 0.370. The van der Waals surface area contributed by atoms with Gasteiger partial charge in [0.15, 0.2) is 0 Å². The lowest BCUT2D eigenvalue weighted by Crippen LogP contribution is -2.33. The van der Waals surface area contributed by atoms with Gasteiger partial charge in [-0.2, -0.15) is 0 Å². The molecular formula is C34H37Cl2N7O2. The van der Waals surface area contributed by atoms with Crippen molar-refractivity contribution in [3.8, 4) is 45.4 Å². The molecule has 2 aromatic heterocycles. The Labute approximate surface area is 273 Å². The van der Waals surface area contributed by atoms with Crippen molar-refractivity contribution in [2.45, 2.75) is 44.8 Å². The molecular weight excluding hydrogens is 609 g/mol. The first-order valence-electron chi connectivity index (χ1n) is 15.2. The predicted molar refractivity (Wildman–Crippen MR) is 178 cm³/mol. The van der Waals surface area contributed by atoms with Gasteiger partial charge in [-0.05, 0) is 38.1 Å². The molecule has 3 heterocycles. The minimum Gasteiger partial charge on any atom is -0.480 e. The topological polar surface area (TPSA) is 106 Å². The van der Waals surface area contributed by atoms with Gasteiger partial charge in [-0.25, -0.2) is 9.97 Å². The van der Waals surface area contributed by atoms with Crippen LogP contribution in [-0.2, 0) is 13.1 Å². The van der Waals surface area contributed by atoms with Crippen molar-refractivity contribution in [1.29, 1.82) is 0 Å². The second-order valence-corrected chi connectivity index (χ2v) is 12.2. The third-order valence-corrected chi connectivity index (χ3v) is 8.97. The summed E-state index contributed by atoms with van der Waals surface area (Å²) < 4.78 is 11.2. The highest BCUT2D eigenvalue weighted by molar-refractivity contribution is 6.39. The molecule has 234 valence electrons. The average molecular weight is 647 g/mol. The summed E-state index contributed by atoms with van der Waals surface area (Å²) in [7, 11) is 3.20. The highest BCUT2D eigenvalue weighted by atomic mass is 35.5. The van der Waals surface area contributed by atoms with Crippen LogP contribution < -0.4 is 25.4 Å². The normalized spacial score (nSPS) is 16.1. The fraction of sp³-hybridized carbons (Fsp3) is 0.353. The minimum absolute atomic E-state index is 0.370. The molecule has 0 amide bonds. The Bertz CT molecular complexity index is 1700. The standard InChI is InChI=1S/C34H37Cl2N7O2/c1-20-10-13-22(41-20)15-38-17-30-34(45-3)43-28(19-40-30)26-9-5-7-24(32(26)36)23-6-4-8-25(31(23)35)27-18-39-29(33(42-27)44-2)16-37-14-21-11-12-21/h4-9,18-19,21-22,37-38,41H,1,10-17H2,2-3H3/t22-/m0/s1. The van der Waals surface area contributed by atoms with Crippen molar-refractivity contribution in [2.24, 2.45) is 5.92 Å². The summed E-state index contributed by atoms with van der Waals surface area (Å²) in [6.07, 6.45) is 8.12. The molecule has 0 spiro atoms. The van der Waals surface area contributed by atoms with Gasteiger partial charge in [-0.1, -0.05) is 66.2 Å². The van der Waals surface area contributed by atoms with Gasteiger partial charge in [0.2, 0.25) is 11.8 Å². The third-order valence-electron chi connectivity index (χ3n) is 8.16. The van der Waals surface area contributed by atoms with Crippen LogP contribution in [0.4, 0.5) is 0 Å². The molecule has 1 atom stereocenters. The number of nitrogens with one attached hydrogen (secondary N) is 3. The van der Waals surface area contributed by atoms with E-state index in [-0.39, 0.29) is 0 Å². The van der Waals surface area contributed by atoms with Gasteiger partial charge in [0.25, 0.3) is 0 Å². The van der Waals surface area contributed by atoms with Crippen LogP contribution in [-0.4, -0.2) is 53.3 Å². The zero-order valence-electron chi connectivity index (χ0n) is 25.5. The molecule has 3 N–H and O–H groups in total. The number of benzene rings is 2. The number of allylic oxidation sites excluding steroid dienone is 1. The second-order valence-electron chi connectivity index (χ2n) is 11.4. The smallest absolute Gasteiger partial charge is 0.237 e. The van der Waals surface area contributed by atoms with Crippen molar-refractivity contribution >= 4 is 23.2 Å². The van der Waals surface area contributed by atoms with E-state index < -0.39 is 0 Å². The van der Waals surface area contributed by atoms with Gasteiger partial charge < -0.3 is 25.4 Å². The average Bonchev–Trinajstić information content (AvgIpc) is 3.79. The Morgan fingerprint density at radius 3 is 1.76 bits per heavy atom. The molecule has 0 unspecified atom stereocenters. The molecule has 0 radical (unpaired) electrons. The maximum absolute atomic E-state index is 7.05. The molecule has 1 aliphatic carbocycles. The number of hydrogen-bond donors (Lipinski definition) is 3. The van der Waals surface area contributed by atoms with Gasteiger partial charge in [-0.3, -0.25) is 9.97 Å². The Morgan fingerprint density at radius 2 is 1.29 bits per heavy atom. The van der Waals surface area contributed by atoms with E-state index in [1.807, 2.05) is 36.4 Å². The molecule has 1 saturated carbocycles. The van der Waals surface area contributed by atoms with Crippen molar-refractivity contribution in [3.05, 3.63) is 82.5 Å². The maximum Gasteiger partial charge on any atom is 0.237 e. The van der Waals surface area contributed by atoms with Crippen molar-refractivity contribution < 1.29 is 9.47 Å². The van der Waals surface area contributed by atoms with E-state index in [1.165, 1.54) is 12.8 Å². The zero-order valence-corrected chi connectivity index (χ0v) is 27.0. The zero-order chi connectivity index (χ0) is 31.3. The van der Waals surface area contributed by atoms with E-state index in [2.05, 4.69) is 32.5 Å². The molecule has 9 nitrogen and oxygen atoms in total. The molecule has 2 aromatic carbocycles. The van der Waals surface area contributed by atoms with Crippen LogP contribution >= 0.6 is 23.2 Å². The van der Waals surface area contributed by atoms with Crippen molar-refractivity contribution in [2.75, 3.05) is 27.3 Å². The molecule has 4 aromatic rings. The van der Waals surface area contributed by atoms with Gasteiger partial charge in [0.05, 0.1) is 48.0 Å². The van der Waals surface area contributed by atoms with E-state index in [1.54, 1.807) is 26.6 Å².